The minimum absolute atomic E-state index is 0.0167. The molecular formula is C14H24N2O5. The average Bonchev–Trinajstić information content (AvgIpc) is 2.85. The Labute approximate surface area is 124 Å². The number of carbonyl (C=O) groups excluding carboxylic acids is 2. The molecule has 0 aliphatic carbocycles. The first-order valence-corrected chi connectivity index (χ1v) is 7.39. The van der Waals surface area contributed by atoms with Crippen LogP contribution in [0.4, 0.5) is 0 Å². The van der Waals surface area contributed by atoms with Crippen LogP contribution in [0.5, 0.6) is 0 Å². The van der Waals surface area contributed by atoms with E-state index in [4.69, 9.17) is 9.47 Å². The van der Waals surface area contributed by atoms with Crippen molar-refractivity contribution >= 4 is 11.8 Å². The Morgan fingerprint density at radius 2 is 2.24 bits per heavy atom. The molecule has 1 unspecified atom stereocenters. The molecule has 2 saturated heterocycles. The van der Waals surface area contributed by atoms with Crippen molar-refractivity contribution in [1.82, 2.24) is 10.2 Å². The summed E-state index contributed by atoms with van der Waals surface area (Å²) in [4.78, 5) is 25.6. The van der Waals surface area contributed by atoms with Gasteiger partial charge in [0.25, 0.3) is 0 Å². The molecule has 2 N–H and O–H groups in total. The van der Waals surface area contributed by atoms with Gasteiger partial charge in [0, 0.05) is 59.2 Å². The predicted molar refractivity (Wildman–Crippen MR) is 74.6 cm³/mol. The van der Waals surface area contributed by atoms with Gasteiger partial charge in [-0.3, -0.25) is 9.59 Å². The number of amides is 2. The largest absolute Gasteiger partial charge is 0.388 e. The summed E-state index contributed by atoms with van der Waals surface area (Å²) in [6, 6.07) is 0. The number of aliphatic hydroxyl groups is 1. The van der Waals surface area contributed by atoms with E-state index in [0.29, 0.717) is 45.8 Å². The lowest BCUT2D eigenvalue weighted by atomic mass is 9.94. The highest BCUT2D eigenvalue weighted by atomic mass is 16.5. The molecule has 21 heavy (non-hydrogen) atoms. The summed E-state index contributed by atoms with van der Waals surface area (Å²) in [6.07, 6.45) is 1.28. The van der Waals surface area contributed by atoms with Gasteiger partial charge >= 0.3 is 0 Å². The number of methoxy groups -OCH3 is 1. The standard InChI is InChI=1S/C14H24N2O5/c1-20-7-4-16-9-11(8-12(16)17)13(18)15-10-14(19)2-5-21-6-3-14/h11,19H,2-10H2,1H3,(H,15,18). The van der Waals surface area contributed by atoms with E-state index in [1.165, 1.54) is 0 Å². The molecule has 2 heterocycles. The van der Waals surface area contributed by atoms with E-state index >= 15 is 0 Å². The summed E-state index contributed by atoms with van der Waals surface area (Å²) in [7, 11) is 1.58. The smallest absolute Gasteiger partial charge is 0.225 e. The van der Waals surface area contributed by atoms with Crippen LogP contribution in [0.25, 0.3) is 0 Å². The van der Waals surface area contributed by atoms with Crippen LogP contribution in [0.1, 0.15) is 19.3 Å². The normalized spacial score (nSPS) is 25.1. The third kappa shape index (κ3) is 4.39. The maximum absolute atomic E-state index is 12.1. The molecule has 120 valence electrons. The molecule has 2 rings (SSSR count). The van der Waals surface area contributed by atoms with E-state index in [-0.39, 0.29) is 30.7 Å². The molecule has 0 radical (unpaired) electrons. The fourth-order valence-electron chi connectivity index (χ4n) is 2.69. The van der Waals surface area contributed by atoms with Crippen LogP contribution >= 0.6 is 0 Å². The maximum atomic E-state index is 12.1. The lowest BCUT2D eigenvalue weighted by Gasteiger charge is -2.32. The van der Waals surface area contributed by atoms with E-state index in [1.54, 1.807) is 12.0 Å². The molecule has 2 aliphatic heterocycles. The maximum Gasteiger partial charge on any atom is 0.225 e. The Kier molecular flexibility index (Phi) is 5.55. The van der Waals surface area contributed by atoms with Crippen molar-refractivity contribution < 1.29 is 24.2 Å². The number of hydrogen-bond donors (Lipinski definition) is 2. The summed E-state index contributed by atoms with van der Waals surface area (Å²) in [5, 5.41) is 13.1. The SMILES string of the molecule is COCCN1CC(C(=O)NCC2(O)CCOCC2)CC1=O. The first-order valence-electron chi connectivity index (χ1n) is 7.39. The van der Waals surface area contributed by atoms with Gasteiger partial charge in [0.1, 0.15) is 0 Å². The highest BCUT2D eigenvalue weighted by molar-refractivity contribution is 5.89. The fraction of sp³-hybridized carbons (Fsp3) is 0.857. The van der Waals surface area contributed by atoms with Gasteiger partial charge in [0.05, 0.1) is 18.1 Å². The van der Waals surface area contributed by atoms with Crippen molar-refractivity contribution in [1.29, 1.82) is 0 Å². The van der Waals surface area contributed by atoms with Crippen LogP contribution in [0, 0.1) is 5.92 Å². The van der Waals surface area contributed by atoms with Gasteiger partial charge in [-0.25, -0.2) is 0 Å². The third-order valence-electron chi connectivity index (χ3n) is 4.17. The Balaban J connectivity index is 1.77. The highest BCUT2D eigenvalue weighted by Crippen LogP contribution is 2.21. The Morgan fingerprint density at radius 1 is 1.52 bits per heavy atom. The summed E-state index contributed by atoms with van der Waals surface area (Å²) in [5.74, 6) is -0.516. The third-order valence-corrected chi connectivity index (χ3v) is 4.17. The predicted octanol–water partition coefficient (Wildman–Crippen LogP) is -0.861. The van der Waals surface area contributed by atoms with Crippen molar-refractivity contribution in [3.63, 3.8) is 0 Å². The first-order chi connectivity index (χ1) is 10.0. The Bertz CT molecular complexity index is 382. The van der Waals surface area contributed by atoms with Gasteiger partial charge in [0.2, 0.25) is 11.8 Å². The van der Waals surface area contributed by atoms with Crippen molar-refractivity contribution in [2.75, 3.05) is 46.6 Å². The van der Waals surface area contributed by atoms with Gasteiger partial charge in [-0.15, -0.1) is 0 Å². The van der Waals surface area contributed by atoms with E-state index in [2.05, 4.69) is 5.32 Å². The second kappa shape index (κ2) is 7.20. The van der Waals surface area contributed by atoms with Crippen LogP contribution in [0.15, 0.2) is 0 Å². The molecule has 7 nitrogen and oxygen atoms in total. The Hall–Kier alpha value is -1.18. The molecule has 0 aromatic heterocycles. The topological polar surface area (TPSA) is 88.1 Å². The second-order valence-corrected chi connectivity index (χ2v) is 5.79. The number of rotatable bonds is 6. The zero-order chi connectivity index (χ0) is 15.3. The van der Waals surface area contributed by atoms with Gasteiger partial charge in [0.15, 0.2) is 0 Å². The molecule has 2 fully saturated rings. The molecular weight excluding hydrogens is 276 g/mol. The van der Waals surface area contributed by atoms with Crippen molar-refractivity contribution in [3.8, 4) is 0 Å². The second-order valence-electron chi connectivity index (χ2n) is 5.79. The number of hydrogen-bond acceptors (Lipinski definition) is 5. The van der Waals surface area contributed by atoms with E-state index in [1.807, 2.05) is 0 Å². The lowest BCUT2D eigenvalue weighted by Crippen LogP contribution is -2.48. The molecule has 0 bridgehead atoms. The van der Waals surface area contributed by atoms with Crippen LogP contribution in [0.3, 0.4) is 0 Å². The first kappa shape index (κ1) is 16.2. The van der Waals surface area contributed by atoms with Gasteiger partial charge in [-0.1, -0.05) is 0 Å². The molecule has 0 aromatic carbocycles. The Morgan fingerprint density at radius 3 is 2.90 bits per heavy atom. The molecule has 0 spiro atoms. The highest BCUT2D eigenvalue weighted by Gasteiger charge is 2.36. The van der Waals surface area contributed by atoms with Crippen LogP contribution < -0.4 is 5.32 Å². The van der Waals surface area contributed by atoms with E-state index < -0.39 is 5.60 Å². The van der Waals surface area contributed by atoms with Crippen LogP contribution in [-0.2, 0) is 19.1 Å². The molecule has 7 heteroatoms. The van der Waals surface area contributed by atoms with Crippen LogP contribution in [0.2, 0.25) is 0 Å². The molecule has 1 atom stereocenters. The molecule has 0 aromatic rings. The number of carbonyl (C=O) groups is 2. The monoisotopic (exact) mass is 300 g/mol. The average molecular weight is 300 g/mol. The summed E-state index contributed by atoms with van der Waals surface area (Å²) < 4.78 is 10.1. The van der Waals surface area contributed by atoms with Crippen molar-refractivity contribution in [3.05, 3.63) is 0 Å². The number of ether oxygens (including phenoxy) is 2. The zero-order valence-corrected chi connectivity index (χ0v) is 12.5. The minimum Gasteiger partial charge on any atom is -0.388 e. The summed E-state index contributed by atoms with van der Waals surface area (Å²) in [6.45, 7) is 2.66. The number of nitrogens with zero attached hydrogens (tertiary/aromatic N) is 1. The number of likely N-dealkylation sites (tertiary alicyclic amines) is 1. The summed E-state index contributed by atoms with van der Waals surface area (Å²) in [5.41, 5.74) is -0.883. The number of nitrogens with one attached hydrogen (secondary N) is 1. The molecule has 0 saturated carbocycles. The van der Waals surface area contributed by atoms with Crippen molar-refractivity contribution in [2.24, 2.45) is 5.92 Å². The molecule has 2 aliphatic rings. The van der Waals surface area contributed by atoms with E-state index in [0.717, 1.165) is 0 Å². The minimum atomic E-state index is -0.883. The molecule has 2 amide bonds. The quantitative estimate of drug-likeness (QED) is 0.666. The lowest BCUT2D eigenvalue weighted by molar-refractivity contribution is -0.130. The summed E-state index contributed by atoms with van der Waals surface area (Å²) >= 11 is 0. The van der Waals surface area contributed by atoms with Crippen molar-refractivity contribution in [2.45, 2.75) is 24.9 Å². The zero-order valence-electron chi connectivity index (χ0n) is 12.5. The fourth-order valence-corrected chi connectivity index (χ4v) is 2.69. The van der Waals surface area contributed by atoms with Gasteiger partial charge in [-0.05, 0) is 0 Å². The van der Waals surface area contributed by atoms with E-state index in [9.17, 15) is 14.7 Å². The van der Waals surface area contributed by atoms with Crippen LogP contribution in [-0.4, -0.2) is 74.0 Å². The van der Waals surface area contributed by atoms with Gasteiger partial charge < -0.3 is 24.8 Å². The van der Waals surface area contributed by atoms with Gasteiger partial charge in [-0.2, -0.15) is 0 Å².